The van der Waals surface area contributed by atoms with Crippen molar-refractivity contribution in [2.45, 2.75) is 32.9 Å². The van der Waals surface area contributed by atoms with E-state index in [1.807, 2.05) is 26.8 Å². The Bertz CT molecular complexity index is 563. The monoisotopic (exact) mass is 321 g/mol. The van der Waals surface area contributed by atoms with Gasteiger partial charge in [-0.25, -0.2) is 4.79 Å². The van der Waals surface area contributed by atoms with E-state index in [1.165, 1.54) is 0 Å². The maximum Gasteiger partial charge on any atom is 0.407 e. The van der Waals surface area contributed by atoms with Crippen LogP contribution in [0.2, 0.25) is 0 Å². The Morgan fingerprint density at radius 3 is 2.65 bits per heavy atom. The predicted molar refractivity (Wildman–Crippen MR) is 88.0 cm³/mol. The molecule has 7 heteroatoms. The zero-order valence-electron chi connectivity index (χ0n) is 13.8. The number of nitrogens with one attached hydrogen (secondary N) is 1. The van der Waals surface area contributed by atoms with E-state index in [2.05, 4.69) is 15.4 Å². The molecule has 1 aliphatic rings. The van der Waals surface area contributed by atoms with Crippen LogP contribution in [0.15, 0.2) is 23.4 Å². The van der Waals surface area contributed by atoms with E-state index in [-0.39, 0.29) is 6.54 Å². The number of nitroso groups, excluding NO2 is 1. The smallest absolute Gasteiger partial charge is 0.407 e. The summed E-state index contributed by atoms with van der Waals surface area (Å²) >= 11 is 0. The normalized spacial score (nSPS) is 15.2. The molecule has 2 rings (SSSR count). The summed E-state index contributed by atoms with van der Waals surface area (Å²) in [6.45, 7) is 8.55. The first-order valence-electron chi connectivity index (χ1n) is 7.65. The molecule has 0 spiro atoms. The Kier molecular flexibility index (Phi) is 5.54. The van der Waals surface area contributed by atoms with Gasteiger partial charge in [0.25, 0.3) is 0 Å². The number of carbonyl (C=O) groups is 1. The van der Waals surface area contributed by atoms with Crippen molar-refractivity contribution in [3.8, 4) is 0 Å². The second-order valence-corrected chi connectivity index (χ2v) is 6.36. The lowest BCUT2D eigenvalue weighted by atomic mass is 10.1. The van der Waals surface area contributed by atoms with Crippen molar-refractivity contribution in [3.05, 3.63) is 28.7 Å². The number of morpholine rings is 1. The third-order valence-corrected chi connectivity index (χ3v) is 3.34. The van der Waals surface area contributed by atoms with Crippen LogP contribution in [0.1, 0.15) is 26.3 Å². The molecule has 1 saturated heterocycles. The first kappa shape index (κ1) is 17.2. The third kappa shape index (κ3) is 5.21. The van der Waals surface area contributed by atoms with Gasteiger partial charge in [-0.3, -0.25) is 0 Å². The molecule has 23 heavy (non-hydrogen) atoms. The number of anilines is 1. The summed E-state index contributed by atoms with van der Waals surface area (Å²) < 4.78 is 10.6. The average molecular weight is 321 g/mol. The lowest BCUT2D eigenvalue weighted by Gasteiger charge is -2.30. The number of benzene rings is 1. The molecule has 1 N–H and O–H groups in total. The van der Waals surface area contributed by atoms with E-state index in [9.17, 15) is 9.70 Å². The number of hydrogen-bond donors (Lipinski definition) is 1. The molecule has 1 amide bonds. The average Bonchev–Trinajstić information content (AvgIpc) is 2.52. The van der Waals surface area contributed by atoms with Gasteiger partial charge in [-0.15, -0.1) is 4.91 Å². The number of carbonyl (C=O) groups excluding carboxylic acids is 1. The summed E-state index contributed by atoms with van der Waals surface area (Å²) in [6.07, 6.45) is -0.491. The molecule has 1 fully saturated rings. The Hall–Kier alpha value is -2.15. The largest absolute Gasteiger partial charge is 0.444 e. The summed E-state index contributed by atoms with van der Waals surface area (Å²) in [4.78, 5) is 24.8. The molecule has 1 aromatic rings. The molecular weight excluding hydrogens is 298 g/mol. The quantitative estimate of drug-likeness (QED) is 0.862. The highest BCUT2D eigenvalue weighted by Crippen LogP contribution is 2.26. The van der Waals surface area contributed by atoms with Gasteiger partial charge in [0.1, 0.15) is 11.3 Å². The van der Waals surface area contributed by atoms with Crippen molar-refractivity contribution < 1.29 is 14.3 Å². The van der Waals surface area contributed by atoms with Gasteiger partial charge < -0.3 is 19.7 Å². The van der Waals surface area contributed by atoms with Crippen molar-refractivity contribution in [2.24, 2.45) is 5.18 Å². The number of nitrogens with zero attached hydrogens (tertiary/aromatic N) is 2. The van der Waals surface area contributed by atoms with Crippen LogP contribution in [0.5, 0.6) is 0 Å². The van der Waals surface area contributed by atoms with Gasteiger partial charge in [0.15, 0.2) is 0 Å². The van der Waals surface area contributed by atoms with E-state index in [0.29, 0.717) is 18.9 Å². The maximum absolute atomic E-state index is 11.8. The lowest BCUT2D eigenvalue weighted by molar-refractivity contribution is 0.0523. The second-order valence-electron chi connectivity index (χ2n) is 6.36. The molecule has 0 aromatic heterocycles. The first-order valence-corrected chi connectivity index (χ1v) is 7.65. The van der Waals surface area contributed by atoms with Gasteiger partial charge in [-0.05, 0) is 49.7 Å². The minimum absolute atomic E-state index is 0.269. The lowest BCUT2D eigenvalue weighted by Crippen LogP contribution is -2.37. The molecule has 0 bridgehead atoms. The van der Waals surface area contributed by atoms with Gasteiger partial charge in [-0.1, -0.05) is 0 Å². The van der Waals surface area contributed by atoms with E-state index in [0.717, 1.165) is 24.3 Å². The van der Waals surface area contributed by atoms with Gasteiger partial charge in [0.2, 0.25) is 0 Å². The minimum Gasteiger partial charge on any atom is -0.444 e. The fourth-order valence-electron chi connectivity index (χ4n) is 2.36. The van der Waals surface area contributed by atoms with Crippen molar-refractivity contribution >= 4 is 17.5 Å². The summed E-state index contributed by atoms with van der Waals surface area (Å²) in [5.74, 6) is 0. The van der Waals surface area contributed by atoms with Gasteiger partial charge >= 0.3 is 6.09 Å². The fraction of sp³-hybridized carbons (Fsp3) is 0.562. The molecule has 1 aromatic carbocycles. The maximum atomic E-state index is 11.8. The van der Waals surface area contributed by atoms with Crippen LogP contribution < -0.4 is 10.2 Å². The fourth-order valence-corrected chi connectivity index (χ4v) is 2.36. The standard InChI is InChI=1S/C16H23N3O4/c1-16(2,3)23-15(20)17-11-12-10-13(18-21)4-5-14(12)19-6-8-22-9-7-19/h4-5,10H,6-9,11H2,1-3H3,(H,17,20). The van der Waals surface area contributed by atoms with E-state index in [4.69, 9.17) is 9.47 Å². The number of ether oxygens (including phenoxy) is 2. The summed E-state index contributed by atoms with van der Waals surface area (Å²) in [7, 11) is 0. The number of alkyl carbamates (subject to hydrolysis) is 1. The molecule has 0 saturated carbocycles. The van der Waals surface area contributed by atoms with Crippen LogP contribution in [0.25, 0.3) is 0 Å². The number of amides is 1. The summed E-state index contributed by atoms with van der Waals surface area (Å²) in [5, 5.41) is 5.69. The van der Waals surface area contributed by atoms with E-state index in [1.54, 1.807) is 12.1 Å². The van der Waals surface area contributed by atoms with Crippen LogP contribution >= 0.6 is 0 Å². The van der Waals surface area contributed by atoms with E-state index < -0.39 is 11.7 Å². The van der Waals surface area contributed by atoms with Crippen molar-refractivity contribution in [1.82, 2.24) is 5.32 Å². The molecular formula is C16H23N3O4. The highest BCUT2D eigenvalue weighted by atomic mass is 16.6. The molecule has 0 radical (unpaired) electrons. The molecule has 0 aliphatic carbocycles. The molecule has 1 heterocycles. The minimum atomic E-state index is -0.552. The van der Waals surface area contributed by atoms with Gasteiger partial charge in [0, 0.05) is 25.3 Å². The van der Waals surface area contributed by atoms with Crippen LogP contribution in [-0.2, 0) is 16.0 Å². The zero-order valence-corrected chi connectivity index (χ0v) is 13.8. The first-order chi connectivity index (χ1) is 10.9. The molecule has 1 aliphatic heterocycles. The topological polar surface area (TPSA) is 80.2 Å². The van der Waals surface area contributed by atoms with Gasteiger partial charge in [0.05, 0.1) is 13.2 Å². The SMILES string of the molecule is CC(C)(C)OC(=O)NCc1cc(N=O)ccc1N1CCOCC1. The Morgan fingerprint density at radius 2 is 2.04 bits per heavy atom. The van der Waals surface area contributed by atoms with Crippen LogP contribution in [-0.4, -0.2) is 38.0 Å². The van der Waals surface area contributed by atoms with Crippen molar-refractivity contribution in [2.75, 3.05) is 31.2 Å². The van der Waals surface area contributed by atoms with Crippen LogP contribution in [0, 0.1) is 4.91 Å². The summed E-state index contributed by atoms with van der Waals surface area (Å²) in [5.41, 5.74) is 1.58. The van der Waals surface area contributed by atoms with Crippen molar-refractivity contribution in [1.29, 1.82) is 0 Å². The third-order valence-electron chi connectivity index (χ3n) is 3.34. The Balaban J connectivity index is 2.11. The molecule has 0 atom stereocenters. The Labute approximate surface area is 135 Å². The molecule has 126 valence electrons. The van der Waals surface area contributed by atoms with Crippen LogP contribution in [0.3, 0.4) is 0 Å². The number of hydrogen-bond acceptors (Lipinski definition) is 6. The highest BCUT2D eigenvalue weighted by molar-refractivity contribution is 5.69. The zero-order chi connectivity index (χ0) is 16.9. The number of rotatable bonds is 4. The second kappa shape index (κ2) is 7.41. The van der Waals surface area contributed by atoms with Crippen LogP contribution in [0.4, 0.5) is 16.2 Å². The van der Waals surface area contributed by atoms with Crippen molar-refractivity contribution in [3.63, 3.8) is 0 Å². The molecule has 7 nitrogen and oxygen atoms in total. The summed E-state index contributed by atoms with van der Waals surface area (Å²) in [6, 6.07) is 5.22. The Morgan fingerprint density at radius 1 is 1.35 bits per heavy atom. The van der Waals surface area contributed by atoms with E-state index >= 15 is 0 Å². The predicted octanol–water partition coefficient (Wildman–Crippen LogP) is 2.95. The highest BCUT2D eigenvalue weighted by Gasteiger charge is 2.18. The van der Waals surface area contributed by atoms with Gasteiger partial charge in [-0.2, -0.15) is 0 Å². The molecule has 0 unspecified atom stereocenters.